The van der Waals surface area contributed by atoms with Crippen molar-refractivity contribution in [2.45, 2.75) is 27.3 Å². The Morgan fingerprint density at radius 1 is 1.31 bits per heavy atom. The molecule has 1 rings (SSSR count). The summed E-state index contributed by atoms with van der Waals surface area (Å²) in [5.74, 6) is -0.754. The summed E-state index contributed by atoms with van der Waals surface area (Å²) in [7, 11) is 0. The summed E-state index contributed by atoms with van der Waals surface area (Å²) in [6, 6.07) is 9.31. The molecule has 1 atom stereocenters. The molecule has 16 heavy (non-hydrogen) atoms. The molecule has 2 N–H and O–H groups in total. The summed E-state index contributed by atoms with van der Waals surface area (Å²) >= 11 is -2.27. The molecule has 3 nitrogen and oxygen atoms in total. The van der Waals surface area contributed by atoms with Crippen LogP contribution in [0.25, 0.3) is 0 Å². The molecule has 0 fully saturated rings. The van der Waals surface area contributed by atoms with Crippen LogP contribution in [0.1, 0.15) is 5.56 Å². The van der Waals surface area contributed by atoms with Crippen molar-refractivity contribution in [1.29, 1.82) is 0 Å². The molecule has 0 aliphatic heterocycles. The van der Waals surface area contributed by atoms with Gasteiger partial charge in [-0.3, -0.25) is 0 Å². The molecule has 1 aromatic rings. The van der Waals surface area contributed by atoms with Gasteiger partial charge in [0, 0.05) is 0 Å². The van der Waals surface area contributed by atoms with Crippen molar-refractivity contribution in [1.82, 2.24) is 3.54 Å². The van der Waals surface area contributed by atoms with Gasteiger partial charge in [-0.25, -0.2) is 0 Å². The van der Waals surface area contributed by atoms with E-state index in [0.717, 1.165) is 5.56 Å². The minimum absolute atomic E-state index is 0.446. The van der Waals surface area contributed by atoms with Gasteiger partial charge in [0.1, 0.15) is 0 Å². The van der Waals surface area contributed by atoms with Gasteiger partial charge in [-0.15, -0.1) is 0 Å². The van der Waals surface area contributed by atoms with Gasteiger partial charge in [0.2, 0.25) is 0 Å². The number of carboxylic acid groups (broad SMARTS) is 1. The predicted molar refractivity (Wildman–Crippen MR) is 68.1 cm³/mol. The van der Waals surface area contributed by atoms with E-state index in [4.69, 9.17) is 5.11 Å². The third-order valence-corrected chi connectivity index (χ3v) is 5.65. The van der Waals surface area contributed by atoms with Gasteiger partial charge in [-0.2, -0.15) is 0 Å². The van der Waals surface area contributed by atoms with Crippen LogP contribution in [0.3, 0.4) is 0 Å². The van der Waals surface area contributed by atoms with Crippen LogP contribution in [0, 0.1) is 0 Å². The predicted octanol–water partition coefficient (Wildman–Crippen LogP) is 2.11. The zero-order valence-electron chi connectivity index (χ0n) is 10.0. The second kappa shape index (κ2) is 5.68. The summed E-state index contributed by atoms with van der Waals surface area (Å²) in [4.78, 5) is 17.7. The number of aliphatic carboxylic acids is 1. The molecular formula is C12H19NO2Sn. The topological polar surface area (TPSA) is 49.3 Å². The Morgan fingerprint density at radius 3 is 2.31 bits per heavy atom. The first-order valence-electron chi connectivity index (χ1n) is 5.43. The standard InChI is InChI=1S/C9H10NO2.3CH3.Sn/c10-8(9(11)12)6-7-4-2-1-3-5-7;;;;/h1-5,8,10H,6H2,(H,11,12);3*1H3;/q-1;;;;+1. The maximum atomic E-state index is 11.2. The van der Waals surface area contributed by atoms with E-state index in [9.17, 15) is 4.79 Å². The summed E-state index contributed by atoms with van der Waals surface area (Å²) in [6.45, 7) is 0. The number of carbonyl (C=O) groups is 1. The van der Waals surface area contributed by atoms with Crippen molar-refractivity contribution in [2.75, 3.05) is 0 Å². The summed E-state index contributed by atoms with van der Waals surface area (Å²) in [5.41, 5.74) is 1.07. The minimum atomic E-state index is -2.27. The molecular weight excluding hydrogens is 309 g/mol. The molecule has 4 heteroatoms. The van der Waals surface area contributed by atoms with Gasteiger partial charge in [0.25, 0.3) is 0 Å². The van der Waals surface area contributed by atoms with Crippen molar-refractivity contribution >= 4 is 24.6 Å². The van der Waals surface area contributed by atoms with E-state index < -0.39 is 30.7 Å². The van der Waals surface area contributed by atoms with Crippen molar-refractivity contribution in [3.63, 3.8) is 0 Å². The molecule has 0 spiro atoms. The number of nitrogens with one attached hydrogen (secondary N) is 1. The summed E-state index contributed by atoms with van der Waals surface area (Å²) in [6.07, 6.45) is 0.560. The van der Waals surface area contributed by atoms with Crippen molar-refractivity contribution in [2.24, 2.45) is 0 Å². The van der Waals surface area contributed by atoms with Crippen molar-refractivity contribution < 1.29 is 9.90 Å². The van der Waals surface area contributed by atoms with Gasteiger partial charge in [-0.05, 0) is 0 Å². The average molecular weight is 328 g/mol. The average Bonchev–Trinajstić information content (AvgIpc) is 2.16. The van der Waals surface area contributed by atoms with Crippen LogP contribution in [-0.4, -0.2) is 35.8 Å². The van der Waals surface area contributed by atoms with Crippen LogP contribution >= 0.6 is 0 Å². The third-order valence-electron chi connectivity index (χ3n) is 2.19. The molecule has 0 aliphatic rings. The van der Waals surface area contributed by atoms with E-state index in [-0.39, 0.29) is 0 Å². The Morgan fingerprint density at radius 2 is 1.88 bits per heavy atom. The van der Waals surface area contributed by atoms with Gasteiger partial charge in [0.05, 0.1) is 0 Å². The van der Waals surface area contributed by atoms with Crippen LogP contribution < -0.4 is 3.54 Å². The Labute approximate surface area is 101 Å². The normalized spacial score (nSPS) is 13.4. The molecule has 0 aliphatic carbocycles. The number of rotatable bonds is 5. The Bertz CT molecular complexity index is 346. The SMILES string of the molecule is [CH3][Sn]([CH3])([CH3])[NH]C(Cc1ccccc1)C(=O)O. The fraction of sp³-hybridized carbons (Fsp3) is 0.417. The number of hydrogen-bond acceptors (Lipinski definition) is 2. The monoisotopic (exact) mass is 329 g/mol. The first-order valence-corrected chi connectivity index (χ1v) is 15.4. The van der Waals surface area contributed by atoms with Crippen molar-refractivity contribution in [3.05, 3.63) is 35.9 Å². The molecule has 1 unspecified atom stereocenters. The third kappa shape index (κ3) is 4.98. The van der Waals surface area contributed by atoms with Crippen LogP contribution in [-0.2, 0) is 11.2 Å². The zero-order valence-corrected chi connectivity index (χ0v) is 12.9. The Balaban J connectivity index is 2.70. The van der Waals surface area contributed by atoms with E-state index in [0.29, 0.717) is 6.42 Å². The summed E-state index contributed by atoms with van der Waals surface area (Å²) < 4.78 is 3.31. The zero-order chi connectivity index (χ0) is 12.2. The van der Waals surface area contributed by atoms with Gasteiger partial charge < -0.3 is 0 Å². The number of hydrogen-bond donors (Lipinski definition) is 2. The second-order valence-electron chi connectivity index (χ2n) is 4.97. The molecule has 0 radical (unpaired) electrons. The number of carboxylic acids is 1. The molecule has 0 bridgehead atoms. The molecule has 0 saturated carbocycles. The van der Waals surface area contributed by atoms with E-state index in [2.05, 4.69) is 18.4 Å². The molecule has 0 aromatic heterocycles. The molecule has 0 amide bonds. The van der Waals surface area contributed by atoms with E-state index in [1.807, 2.05) is 30.3 Å². The van der Waals surface area contributed by atoms with E-state index in [1.165, 1.54) is 0 Å². The fourth-order valence-electron chi connectivity index (χ4n) is 1.57. The maximum absolute atomic E-state index is 11.2. The van der Waals surface area contributed by atoms with Gasteiger partial charge in [-0.1, -0.05) is 0 Å². The van der Waals surface area contributed by atoms with Gasteiger partial charge in [0.15, 0.2) is 0 Å². The second-order valence-corrected chi connectivity index (χ2v) is 18.6. The van der Waals surface area contributed by atoms with Crippen LogP contribution in [0.5, 0.6) is 0 Å². The summed E-state index contributed by atoms with van der Waals surface area (Å²) in [5, 5.41) is 9.17. The van der Waals surface area contributed by atoms with Crippen LogP contribution in [0.15, 0.2) is 30.3 Å². The van der Waals surface area contributed by atoms with Crippen molar-refractivity contribution in [3.8, 4) is 0 Å². The quantitative estimate of drug-likeness (QED) is 0.814. The Kier molecular flexibility index (Phi) is 4.80. The first kappa shape index (κ1) is 13.5. The van der Waals surface area contributed by atoms with E-state index in [1.54, 1.807) is 0 Å². The molecule has 0 heterocycles. The number of benzene rings is 1. The molecule has 0 saturated heterocycles. The molecule has 88 valence electrons. The first-order chi connectivity index (χ1) is 7.38. The fourth-order valence-corrected chi connectivity index (χ4v) is 5.20. The van der Waals surface area contributed by atoms with Crippen LogP contribution in [0.4, 0.5) is 0 Å². The van der Waals surface area contributed by atoms with Gasteiger partial charge >= 0.3 is 101 Å². The van der Waals surface area contributed by atoms with Crippen LogP contribution in [0.2, 0.25) is 14.8 Å². The van der Waals surface area contributed by atoms with E-state index >= 15 is 0 Å². The Hall–Kier alpha value is -0.551. The molecule has 1 aromatic carbocycles.